The van der Waals surface area contributed by atoms with Gasteiger partial charge in [-0.1, -0.05) is 35.1 Å². The summed E-state index contributed by atoms with van der Waals surface area (Å²) in [7, 11) is 0. The van der Waals surface area contributed by atoms with Crippen LogP contribution >= 0.6 is 22.9 Å². The van der Waals surface area contributed by atoms with E-state index in [9.17, 15) is 5.11 Å². The molecular formula is C15H15ClN4OS. The second kappa shape index (κ2) is 4.94. The topological polar surface area (TPSA) is 53.7 Å². The number of rotatable bonds is 2. The summed E-state index contributed by atoms with van der Waals surface area (Å²) in [5.74, 6) is 0. The molecule has 1 N–H and O–H groups in total. The molecule has 0 saturated carbocycles. The SMILES string of the molecule is CC1(O)CCN(c2nn3cc(-c4ccc(Cl)cc4)nc3s2)C1. The number of β-amino-alcohol motifs (C(OH)–C–C–N with tert-alkyl or cyclic N) is 1. The second-order valence-electron chi connectivity index (χ2n) is 5.91. The zero-order chi connectivity index (χ0) is 15.3. The van der Waals surface area contributed by atoms with Crippen molar-refractivity contribution in [2.24, 2.45) is 0 Å². The molecule has 1 atom stereocenters. The molecular weight excluding hydrogens is 320 g/mol. The van der Waals surface area contributed by atoms with Gasteiger partial charge < -0.3 is 10.0 Å². The van der Waals surface area contributed by atoms with E-state index in [0.29, 0.717) is 11.6 Å². The predicted octanol–water partition coefficient (Wildman–Crippen LogP) is 3.07. The van der Waals surface area contributed by atoms with Gasteiger partial charge in [0, 0.05) is 23.7 Å². The van der Waals surface area contributed by atoms with Crippen molar-refractivity contribution < 1.29 is 5.11 Å². The molecule has 5 nitrogen and oxygen atoms in total. The smallest absolute Gasteiger partial charge is 0.214 e. The first-order valence-electron chi connectivity index (χ1n) is 7.10. The standard InChI is InChI=1S/C15H15ClN4OS/c1-15(21)6-7-19(9-15)14-18-20-8-12(17-13(20)22-14)10-2-4-11(16)5-3-10/h2-5,8,21H,6-7,9H2,1H3. The number of halogens is 1. The van der Waals surface area contributed by atoms with Crippen molar-refractivity contribution in [3.8, 4) is 11.3 Å². The van der Waals surface area contributed by atoms with Crippen LogP contribution in [0, 0.1) is 0 Å². The van der Waals surface area contributed by atoms with E-state index in [-0.39, 0.29) is 0 Å². The third kappa shape index (κ3) is 2.47. The molecule has 1 unspecified atom stereocenters. The number of benzene rings is 1. The van der Waals surface area contributed by atoms with E-state index in [1.807, 2.05) is 37.4 Å². The zero-order valence-electron chi connectivity index (χ0n) is 12.0. The van der Waals surface area contributed by atoms with E-state index in [1.165, 1.54) is 0 Å². The van der Waals surface area contributed by atoms with Crippen molar-refractivity contribution >= 4 is 33.0 Å². The average molecular weight is 335 g/mol. The highest BCUT2D eigenvalue weighted by Gasteiger charge is 2.33. The first-order valence-corrected chi connectivity index (χ1v) is 8.29. The number of hydrogen-bond acceptors (Lipinski definition) is 5. The van der Waals surface area contributed by atoms with Crippen LogP contribution in [0.15, 0.2) is 30.5 Å². The van der Waals surface area contributed by atoms with Gasteiger partial charge in [0.05, 0.1) is 17.5 Å². The Bertz CT molecular complexity index is 792. The molecule has 1 fully saturated rings. The zero-order valence-corrected chi connectivity index (χ0v) is 13.6. The number of hydrogen-bond donors (Lipinski definition) is 1. The number of fused-ring (bicyclic) bond motifs is 1. The van der Waals surface area contributed by atoms with Gasteiger partial charge in [-0.2, -0.15) is 0 Å². The minimum atomic E-state index is -0.623. The van der Waals surface area contributed by atoms with Gasteiger partial charge in [0.1, 0.15) is 0 Å². The lowest BCUT2D eigenvalue weighted by Gasteiger charge is -2.17. The summed E-state index contributed by atoms with van der Waals surface area (Å²) in [6.07, 6.45) is 2.69. The molecule has 0 bridgehead atoms. The molecule has 4 rings (SSSR count). The van der Waals surface area contributed by atoms with Crippen LogP contribution in [0.1, 0.15) is 13.3 Å². The summed E-state index contributed by atoms with van der Waals surface area (Å²) >= 11 is 7.45. The van der Waals surface area contributed by atoms with Crippen LogP contribution in [-0.4, -0.2) is 38.4 Å². The Morgan fingerprint density at radius 1 is 1.32 bits per heavy atom. The van der Waals surface area contributed by atoms with Gasteiger partial charge in [-0.05, 0) is 25.5 Å². The van der Waals surface area contributed by atoms with Crippen LogP contribution < -0.4 is 4.90 Å². The van der Waals surface area contributed by atoms with Crippen molar-refractivity contribution in [3.63, 3.8) is 0 Å². The molecule has 3 aromatic rings. The van der Waals surface area contributed by atoms with Gasteiger partial charge in [-0.25, -0.2) is 9.50 Å². The summed E-state index contributed by atoms with van der Waals surface area (Å²) in [4.78, 5) is 7.59. The Labute approximate surface area is 136 Å². The highest BCUT2D eigenvalue weighted by molar-refractivity contribution is 7.20. The maximum absolute atomic E-state index is 10.1. The molecule has 0 spiro atoms. The molecule has 7 heteroatoms. The van der Waals surface area contributed by atoms with Crippen molar-refractivity contribution in [2.45, 2.75) is 18.9 Å². The van der Waals surface area contributed by atoms with Crippen LogP contribution in [0.4, 0.5) is 5.13 Å². The minimum Gasteiger partial charge on any atom is -0.388 e. The fourth-order valence-corrected chi connectivity index (χ4v) is 3.72. The Hall–Kier alpha value is -1.63. The summed E-state index contributed by atoms with van der Waals surface area (Å²) in [5.41, 5.74) is 1.28. The number of anilines is 1. The molecule has 0 radical (unpaired) electrons. The van der Waals surface area contributed by atoms with Gasteiger partial charge >= 0.3 is 0 Å². The van der Waals surface area contributed by atoms with Gasteiger partial charge in [0.25, 0.3) is 0 Å². The summed E-state index contributed by atoms with van der Waals surface area (Å²) in [6.45, 7) is 3.31. The highest BCUT2D eigenvalue weighted by atomic mass is 35.5. The first-order chi connectivity index (χ1) is 10.5. The van der Waals surface area contributed by atoms with E-state index in [0.717, 1.165) is 34.3 Å². The average Bonchev–Trinajstić information content (AvgIpc) is 3.11. The normalized spacial score (nSPS) is 21.9. The lowest BCUT2D eigenvalue weighted by molar-refractivity contribution is 0.0839. The summed E-state index contributed by atoms with van der Waals surface area (Å²) in [6, 6.07) is 7.62. The Balaban J connectivity index is 1.64. The Morgan fingerprint density at radius 2 is 2.09 bits per heavy atom. The number of aliphatic hydroxyl groups is 1. The van der Waals surface area contributed by atoms with Crippen molar-refractivity contribution in [3.05, 3.63) is 35.5 Å². The summed E-state index contributed by atoms with van der Waals surface area (Å²) in [5, 5.41) is 16.3. The number of aromatic nitrogens is 3. The van der Waals surface area contributed by atoms with E-state index in [2.05, 4.69) is 15.0 Å². The van der Waals surface area contributed by atoms with E-state index in [4.69, 9.17) is 11.6 Å². The lowest BCUT2D eigenvalue weighted by atomic mass is 10.1. The van der Waals surface area contributed by atoms with Crippen molar-refractivity contribution in [1.29, 1.82) is 0 Å². The third-order valence-electron chi connectivity index (χ3n) is 3.89. The predicted molar refractivity (Wildman–Crippen MR) is 88.8 cm³/mol. The molecule has 1 saturated heterocycles. The first kappa shape index (κ1) is 14.0. The minimum absolute atomic E-state index is 0.619. The maximum Gasteiger partial charge on any atom is 0.214 e. The summed E-state index contributed by atoms with van der Waals surface area (Å²) < 4.78 is 1.80. The number of nitrogens with zero attached hydrogens (tertiary/aromatic N) is 4. The number of imidazole rings is 1. The molecule has 1 aromatic carbocycles. The van der Waals surface area contributed by atoms with Gasteiger partial charge in [-0.15, -0.1) is 5.10 Å². The Kier molecular flexibility index (Phi) is 3.14. The molecule has 1 aliphatic rings. The van der Waals surface area contributed by atoms with Gasteiger partial charge in [0.2, 0.25) is 10.1 Å². The van der Waals surface area contributed by atoms with E-state index < -0.39 is 5.60 Å². The van der Waals surface area contributed by atoms with Crippen LogP contribution in [0.2, 0.25) is 5.02 Å². The Morgan fingerprint density at radius 3 is 2.73 bits per heavy atom. The molecule has 0 aliphatic carbocycles. The van der Waals surface area contributed by atoms with Crippen LogP contribution in [0.3, 0.4) is 0 Å². The second-order valence-corrected chi connectivity index (χ2v) is 7.28. The molecule has 2 aromatic heterocycles. The molecule has 0 amide bonds. The quantitative estimate of drug-likeness (QED) is 0.782. The van der Waals surface area contributed by atoms with Crippen LogP contribution in [0.5, 0.6) is 0 Å². The lowest BCUT2D eigenvalue weighted by Crippen LogP contribution is -2.29. The molecule has 114 valence electrons. The monoisotopic (exact) mass is 334 g/mol. The van der Waals surface area contributed by atoms with Crippen LogP contribution in [0.25, 0.3) is 16.2 Å². The molecule has 22 heavy (non-hydrogen) atoms. The van der Waals surface area contributed by atoms with E-state index >= 15 is 0 Å². The highest BCUT2D eigenvalue weighted by Crippen LogP contribution is 2.31. The van der Waals surface area contributed by atoms with Crippen molar-refractivity contribution in [2.75, 3.05) is 18.0 Å². The van der Waals surface area contributed by atoms with Crippen molar-refractivity contribution in [1.82, 2.24) is 14.6 Å². The fourth-order valence-electron chi connectivity index (χ4n) is 2.69. The molecule has 3 heterocycles. The van der Waals surface area contributed by atoms with Crippen LogP contribution in [-0.2, 0) is 0 Å². The third-order valence-corrected chi connectivity index (χ3v) is 5.13. The van der Waals surface area contributed by atoms with Gasteiger partial charge in [0.15, 0.2) is 0 Å². The molecule has 1 aliphatic heterocycles. The fraction of sp³-hybridized carbons (Fsp3) is 0.333. The van der Waals surface area contributed by atoms with Gasteiger partial charge in [-0.3, -0.25) is 0 Å². The van der Waals surface area contributed by atoms with E-state index in [1.54, 1.807) is 15.9 Å². The maximum atomic E-state index is 10.1. The largest absolute Gasteiger partial charge is 0.388 e.